The van der Waals surface area contributed by atoms with Crippen LogP contribution in [-0.2, 0) is 9.53 Å². The second-order valence-corrected chi connectivity index (χ2v) is 7.37. The van der Waals surface area contributed by atoms with Crippen molar-refractivity contribution < 1.29 is 14.3 Å². The molecule has 1 fully saturated rings. The summed E-state index contributed by atoms with van der Waals surface area (Å²) >= 11 is 0. The van der Waals surface area contributed by atoms with Crippen LogP contribution in [0.5, 0.6) is 0 Å². The Balaban J connectivity index is 2.24. The summed E-state index contributed by atoms with van der Waals surface area (Å²) in [5.41, 5.74) is -0.489. The molecular weight excluding hydrogens is 280 g/mol. The predicted molar refractivity (Wildman–Crippen MR) is 87.7 cm³/mol. The fourth-order valence-electron chi connectivity index (χ4n) is 2.98. The first-order valence-electron chi connectivity index (χ1n) is 8.43. The van der Waals surface area contributed by atoms with E-state index >= 15 is 0 Å². The lowest BCUT2D eigenvalue weighted by molar-refractivity contribution is -0.133. The summed E-state index contributed by atoms with van der Waals surface area (Å²) in [6.45, 7) is 8.19. The van der Waals surface area contributed by atoms with Gasteiger partial charge in [0.2, 0.25) is 5.91 Å². The average Bonchev–Trinajstić information content (AvgIpc) is 2.41. The van der Waals surface area contributed by atoms with Crippen LogP contribution in [-0.4, -0.2) is 42.1 Å². The standard InChI is InChI=1S/C17H32N2O3/c1-13-9-6-7-10-14(13)19(5)15(20)11-8-12-18-16(21)22-17(2,3)4/h13-14H,6-12H2,1-5H3,(H,18,21). The molecule has 0 radical (unpaired) electrons. The van der Waals surface area contributed by atoms with Crippen molar-refractivity contribution in [2.24, 2.45) is 5.92 Å². The van der Waals surface area contributed by atoms with Crippen LogP contribution in [0.15, 0.2) is 0 Å². The molecule has 5 heteroatoms. The van der Waals surface area contributed by atoms with E-state index in [0.717, 1.165) is 6.42 Å². The van der Waals surface area contributed by atoms with E-state index in [4.69, 9.17) is 4.74 Å². The smallest absolute Gasteiger partial charge is 0.407 e. The molecule has 2 atom stereocenters. The minimum absolute atomic E-state index is 0.171. The van der Waals surface area contributed by atoms with Crippen LogP contribution in [0.1, 0.15) is 66.2 Å². The summed E-state index contributed by atoms with van der Waals surface area (Å²) in [4.78, 5) is 25.7. The molecule has 1 aliphatic carbocycles. The monoisotopic (exact) mass is 312 g/mol. The first-order chi connectivity index (χ1) is 10.2. The Morgan fingerprint density at radius 1 is 1.23 bits per heavy atom. The number of alkyl carbamates (subject to hydrolysis) is 1. The first-order valence-corrected chi connectivity index (χ1v) is 8.43. The quantitative estimate of drug-likeness (QED) is 0.792. The zero-order chi connectivity index (χ0) is 16.8. The Labute approximate surface area is 134 Å². The molecule has 0 aromatic rings. The minimum Gasteiger partial charge on any atom is -0.444 e. The number of nitrogens with one attached hydrogen (secondary N) is 1. The molecule has 0 saturated heterocycles. The zero-order valence-corrected chi connectivity index (χ0v) is 14.8. The Hall–Kier alpha value is -1.26. The van der Waals surface area contributed by atoms with E-state index in [-0.39, 0.29) is 5.91 Å². The Bertz CT molecular complexity index is 377. The summed E-state index contributed by atoms with van der Waals surface area (Å²) < 4.78 is 5.16. The second kappa shape index (κ2) is 8.39. The molecule has 22 heavy (non-hydrogen) atoms. The third-order valence-corrected chi connectivity index (χ3v) is 4.19. The number of nitrogens with zero attached hydrogens (tertiary/aromatic N) is 1. The molecule has 0 bridgehead atoms. The van der Waals surface area contributed by atoms with Gasteiger partial charge in [0, 0.05) is 26.1 Å². The predicted octanol–water partition coefficient (Wildman–Crippen LogP) is 3.33. The molecular formula is C17H32N2O3. The third-order valence-electron chi connectivity index (χ3n) is 4.19. The maximum atomic E-state index is 12.2. The number of carbonyl (C=O) groups excluding carboxylic acids is 2. The molecule has 2 amide bonds. The van der Waals surface area contributed by atoms with Gasteiger partial charge in [-0.3, -0.25) is 4.79 Å². The lowest BCUT2D eigenvalue weighted by Crippen LogP contribution is -2.42. The van der Waals surface area contributed by atoms with Gasteiger partial charge in [-0.15, -0.1) is 0 Å². The van der Waals surface area contributed by atoms with Gasteiger partial charge in [0.25, 0.3) is 0 Å². The molecule has 0 aliphatic heterocycles. The van der Waals surface area contributed by atoms with Crippen molar-refractivity contribution in [1.82, 2.24) is 10.2 Å². The SMILES string of the molecule is CC1CCCCC1N(C)C(=O)CCCNC(=O)OC(C)(C)C. The summed E-state index contributed by atoms with van der Waals surface area (Å²) in [6.07, 6.45) is 5.50. The van der Waals surface area contributed by atoms with E-state index in [1.54, 1.807) is 0 Å². The van der Waals surface area contributed by atoms with Crippen molar-refractivity contribution in [3.05, 3.63) is 0 Å². The lowest BCUT2D eigenvalue weighted by Gasteiger charge is -2.36. The maximum Gasteiger partial charge on any atom is 0.407 e. The normalized spacial score (nSPS) is 22.0. The van der Waals surface area contributed by atoms with E-state index < -0.39 is 11.7 Å². The minimum atomic E-state index is -0.489. The van der Waals surface area contributed by atoms with E-state index in [1.165, 1.54) is 19.3 Å². The molecule has 1 saturated carbocycles. The van der Waals surface area contributed by atoms with Gasteiger partial charge in [0.15, 0.2) is 0 Å². The number of hydrogen-bond acceptors (Lipinski definition) is 3. The van der Waals surface area contributed by atoms with Gasteiger partial charge in [-0.1, -0.05) is 19.8 Å². The van der Waals surface area contributed by atoms with Crippen LogP contribution in [0.2, 0.25) is 0 Å². The van der Waals surface area contributed by atoms with Crippen molar-refractivity contribution in [3.63, 3.8) is 0 Å². The fraction of sp³-hybridized carbons (Fsp3) is 0.882. The summed E-state index contributed by atoms with van der Waals surface area (Å²) in [5.74, 6) is 0.757. The molecule has 1 N–H and O–H groups in total. The molecule has 0 aromatic heterocycles. The van der Waals surface area contributed by atoms with Gasteiger partial charge in [0.1, 0.15) is 5.60 Å². The molecule has 0 heterocycles. The van der Waals surface area contributed by atoms with Crippen LogP contribution in [0.4, 0.5) is 4.79 Å². The number of rotatable bonds is 5. The van der Waals surface area contributed by atoms with Gasteiger partial charge < -0.3 is 15.0 Å². The first kappa shape index (κ1) is 18.8. The molecule has 1 aliphatic rings. The molecule has 0 aromatic carbocycles. The van der Waals surface area contributed by atoms with E-state index in [9.17, 15) is 9.59 Å². The van der Waals surface area contributed by atoms with Crippen LogP contribution >= 0.6 is 0 Å². The fourth-order valence-corrected chi connectivity index (χ4v) is 2.98. The average molecular weight is 312 g/mol. The molecule has 1 rings (SSSR count). The van der Waals surface area contributed by atoms with Gasteiger partial charge in [-0.25, -0.2) is 4.79 Å². The van der Waals surface area contributed by atoms with Crippen LogP contribution < -0.4 is 5.32 Å². The lowest BCUT2D eigenvalue weighted by atomic mass is 9.85. The van der Waals surface area contributed by atoms with Crippen LogP contribution in [0.3, 0.4) is 0 Å². The maximum absolute atomic E-state index is 12.2. The highest BCUT2D eigenvalue weighted by Crippen LogP contribution is 2.27. The summed E-state index contributed by atoms with van der Waals surface area (Å²) in [6, 6.07) is 0.375. The van der Waals surface area contributed by atoms with Crippen molar-refractivity contribution in [1.29, 1.82) is 0 Å². The molecule has 5 nitrogen and oxygen atoms in total. The highest BCUT2D eigenvalue weighted by atomic mass is 16.6. The van der Waals surface area contributed by atoms with Gasteiger partial charge >= 0.3 is 6.09 Å². The highest BCUT2D eigenvalue weighted by molar-refractivity contribution is 5.76. The molecule has 0 spiro atoms. The van der Waals surface area contributed by atoms with Crippen molar-refractivity contribution >= 4 is 12.0 Å². The Kier molecular flexibility index (Phi) is 7.17. The zero-order valence-electron chi connectivity index (χ0n) is 14.8. The Morgan fingerprint density at radius 3 is 2.45 bits per heavy atom. The summed E-state index contributed by atoms with van der Waals surface area (Å²) in [5, 5.41) is 2.69. The molecule has 128 valence electrons. The van der Waals surface area contributed by atoms with Gasteiger partial charge in [-0.05, 0) is 46.0 Å². The van der Waals surface area contributed by atoms with Crippen molar-refractivity contribution in [2.75, 3.05) is 13.6 Å². The summed E-state index contributed by atoms with van der Waals surface area (Å²) in [7, 11) is 1.91. The largest absolute Gasteiger partial charge is 0.444 e. The van der Waals surface area contributed by atoms with Crippen molar-refractivity contribution in [2.45, 2.75) is 77.9 Å². The second-order valence-electron chi connectivity index (χ2n) is 7.37. The van der Waals surface area contributed by atoms with E-state index in [1.807, 2.05) is 32.7 Å². The Morgan fingerprint density at radius 2 is 1.86 bits per heavy atom. The van der Waals surface area contributed by atoms with Gasteiger partial charge in [0.05, 0.1) is 0 Å². The highest BCUT2D eigenvalue weighted by Gasteiger charge is 2.27. The number of amides is 2. The molecule has 2 unspecified atom stereocenters. The van der Waals surface area contributed by atoms with Gasteiger partial charge in [-0.2, -0.15) is 0 Å². The topological polar surface area (TPSA) is 58.6 Å². The van der Waals surface area contributed by atoms with Crippen LogP contribution in [0, 0.1) is 5.92 Å². The number of ether oxygens (including phenoxy) is 1. The van der Waals surface area contributed by atoms with Crippen molar-refractivity contribution in [3.8, 4) is 0 Å². The van der Waals surface area contributed by atoms with E-state index in [0.29, 0.717) is 31.3 Å². The van der Waals surface area contributed by atoms with E-state index in [2.05, 4.69) is 12.2 Å². The van der Waals surface area contributed by atoms with Crippen LogP contribution in [0.25, 0.3) is 0 Å². The number of carbonyl (C=O) groups is 2. The number of hydrogen-bond donors (Lipinski definition) is 1. The third kappa shape index (κ3) is 6.67.